The number of carbonyl (C=O) groups excluding carboxylic acids is 1. The van der Waals surface area contributed by atoms with Crippen molar-refractivity contribution in [1.29, 1.82) is 0 Å². The molecule has 2 aromatic carbocycles. The van der Waals surface area contributed by atoms with Crippen molar-refractivity contribution in [3.8, 4) is 17.2 Å². The minimum absolute atomic E-state index is 0.105. The number of hydrogen-bond donors (Lipinski definition) is 1. The molecule has 0 saturated carbocycles. The Morgan fingerprint density at radius 1 is 1.15 bits per heavy atom. The number of rotatable bonds is 7. The van der Waals surface area contributed by atoms with Gasteiger partial charge in [0.1, 0.15) is 5.75 Å². The molecular weight excluding hydrogens is 340 g/mol. The SMILES string of the molecule is COC(=O)CCc1ccccc1OC(C(=O)O)c1ccc2c(c1)OCO2. The summed E-state index contributed by atoms with van der Waals surface area (Å²) in [7, 11) is 1.32. The smallest absolute Gasteiger partial charge is 0.349 e. The van der Waals surface area contributed by atoms with Crippen LogP contribution < -0.4 is 14.2 Å². The Labute approximate surface area is 150 Å². The van der Waals surface area contributed by atoms with Crippen LogP contribution in [0.3, 0.4) is 0 Å². The van der Waals surface area contributed by atoms with Crippen LogP contribution in [-0.4, -0.2) is 30.9 Å². The normalized spacial score (nSPS) is 13.1. The number of aryl methyl sites for hydroxylation is 1. The van der Waals surface area contributed by atoms with Crippen LogP contribution in [0, 0.1) is 0 Å². The maximum atomic E-state index is 11.8. The third-order valence-electron chi connectivity index (χ3n) is 3.97. The molecule has 0 saturated heterocycles. The Kier molecular flexibility index (Phi) is 5.26. The molecule has 1 aliphatic heterocycles. The number of carboxylic acid groups (broad SMARTS) is 1. The number of benzene rings is 2. The van der Waals surface area contributed by atoms with Gasteiger partial charge in [0.2, 0.25) is 12.9 Å². The molecule has 1 heterocycles. The van der Waals surface area contributed by atoms with Gasteiger partial charge >= 0.3 is 11.9 Å². The second-order valence-corrected chi connectivity index (χ2v) is 5.63. The van der Waals surface area contributed by atoms with Gasteiger partial charge in [-0.1, -0.05) is 24.3 Å². The fourth-order valence-electron chi connectivity index (χ4n) is 2.63. The summed E-state index contributed by atoms with van der Waals surface area (Å²) in [5.74, 6) is -0.0221. The average molecular weight is 358 g/mol. The molecular formula is C19H18O7. The van der Waals surface area contributed by atoms with E-state index in [1.807, 2.05) is 0 Å². The van der Waals surface area contributed by atoms with Gasteiger partial charge < -0.3 is 24.1 Å². The Bertz CT molecular complexity index is 815. The van der Waals surface area contributed by atoms with Gasteiger partial charge in [-0.2, -0.15) is 0 Å². The van der Waals surface area contributed by atoms with Crippen molar-refractivity contribution in [2.24, 2.45) is 0 Å². The number of para-hydroxylation sites is 1. The van der Waals surface area contributed by atoms with Crippen LogP contribution in [0.1, 0.15) is 23.7 Å². The van der Waals surface area contributed by atoms with Crippen LogP contribution in [0.25, 0.3) is 0 Å². The Hall–Kier alpha value is -3.22. The summed E-state index contributed by atoms with van der Waals surface area (Å²) < 4.78 is 21.0. The molecule has 3 rings (SSSR count). The Balaban J connectivity index is 1.83. The highest BCUT2D eigenvalue weighted by molar-refractivity contribution is 5.75. The van der Waals surface area contributed by atoms with Crippen LogP contribution in [0.15, 0.2) is 42.5 Å². The van der Waals surface area contributed by atoms with Gasteiger partial charge in [-0.05, 0) is 30.2 Å². The lowest BCUT2D eigenvalue weighted by molar-refractivity contribution is -0.145. The van der Waals surface area contributed by atoms with Crippen molar-refractivity contribution in [3.63, 3.8) is 0 Å². The lowest BCUT2D eigenvalue weighted by Crippen LogP contribution is -2.19. The highest BCUT2D eigenvalue weighted by Gasteiger charge is 2.26. The van der Waals surface area contributed by atoms with Crippen molar-refractivity contribution in [2.75, 3.05) is 13.9 Å². The number of methoxy groups -OCH3 is 1. The maximum absolute atomic E-state index is 11.8. The number of ether oxygens (including phenoxy) is 4. The highest BCUT2D eigenvalue weighted by Crippen LogP contribution is 2.36. The first-order chi connectivity index (χ1) is 12.6. The van der Waals surface area contributed by atoms with Crippen LogP contribution >= 0.6 is 0 Å². The zero-order valence-electron chi connectivity index (χ0n) is 14.1. The summed E-state index contributed by atoms with van der Waals surface area (Å²) in [6.45, 7) is 0.105. The molecule has 0 radical (unpaired) electrons. The minimum Gasteiger partial charge on any atom is -0.478 e. The van der Waals surface area contributed by atoms with Crippen molar-refractivity contribution >= 4 is 11.9 Å². The molecule has 1 aliphatic rings. The second kappa shape index (κ2) is 7.77. The first-order valence-electron chi connectivity index (χ1n) is 8.02. The van der Waals surface area contributed by atoms with Gasteiger partial charge in [-0.3, -0.25) is 4.79 Å². The number of carbonyl (C=O) groups is 2. The molecule has 0 spiro atoms. The number of hydrogen-bond acceptors (Lipinski definition) is 6. The van der Waals surface area contributed by atoms with Crippen LogP contribution in [0.5, 0.6) is 17.2 Å². The van der Waals surface area contributed by atoms with E-state index in [1.165, 1.54) is 7.11 Å². The van der Waals surface area contributed by atoms with Gasteiger partial charge in [-0.15, -0.1) is 0 Å². The third kappa shape index (κ3) is 3.88. The molecule has 0 bridgehead atoms. The molecule has 1 atom stereocenters. The molecule has 136 valence electrons. The summed E-state index contributed by atoms with van der Waals surface area (Å²) in [5.41, 5.74) is 1.16. The van der Waals surface area contributed by atoms with E-state index in [2.05, 4.69) is 4.74 Å². The maximum Gasteiger partial charge on any atom is 0.349 e. The highest BCUT2D eigenvalue weighted by atomic mass is 16.7. The molecule has 7 heteroatoms. The minimum atomic E-state index is -1.22. The summed E-state index contributed by atoms with van der Waals surface area (Å²) in [6.07, 6.45) is -0.654. The van der Waals surface area contributed by atoms with Gasteiger partial charge in [0.15, 0.2) is 11.5 Å². The van der Waals surface area contributed by atoms with Crippen LogP contribution in [0.2, 0.25) is 0 Å². The quantitative estimate of drug-likeness (QED) is 0.761. The molecule has 0 aromatic heterocycles. The van der Waals surface area contributed by atoms with E-state index in [1.54, 1.807) is 42.5 Å². The molecule has 2 aromatic rings. The summed E-state index contributed by atoms with van der Waals surface area (Å²) >= 11 is 0. The van der Waals surface area contributed by atoms with Crippen molar-refractivity contribution in [1.82, 2.24) is 0 Å². The van der Waals surface area contributed by atoms with Crippen molar-refractivity contribution < 1.29 is 33.6 Å². The molecule has 0 aliphatic carbocycles. The zero-order chi connectivity index (χ0) is 18.5. The molecule has 26 heavy (non-hydrogen) atoms. The summed E-state index contributed by atoms with van der Waals surface area (Å²) in [5, 5.41) is 9.61. The van der Waals surface area contributed by atoms with Gasteiger partial charge in [0.05, 0.1) is 7.11 Å². The Morgan fingerprint density at radius 3 is 2.69 bits per heavy atom. The van der Waals surface area contributed by atoms with E-state index in [-0.39, 0.29) is 19.2 Å². The van der Waals surface area contributed by atoms with Crippen molar-refractivity contribution in [2.45, 2.75) is 18.9 Å². The largest absolute Gasteiger partial charge is 0.478 e. The molecule has 7 nitrogen and oxygen atoms in total. The van der Waals surface area contributed by atoms with Crippen molar-refractivity contribution in [3.05, 3.63) is 53.6 Å². The molecule has 1 unspecified atom stereocenters. The van der Waals surface area contributed by atoms with Gasteiger partial charge in [0, 0.05) is 12.0 Å². The van der Waals surface area contributed by atoms with Crippen LogP contribution in [0.4, 0.5) is 0 Å². The average Bonchev–Trinajstić information content (AvgIpc) is 3.12. The van der Waals surface area contributed by atoms with E-state index < -0.39 is 12.1 Å². The van der Waals surface area contributed by atoms with E-state index in [4.69, 9.17) is 14.2 Å². The summed E-state index contributed by atoms with van der Waals surface area (Å²) in [6, 6.07) is 11.9. The molecule has 1 N–H and O–H groups in total. The fourth-order valence-corrected chi connectivity index (χ4v) is 2.63. The number of carboxylic acids is 1. The third-order valence-corrected chi connectivity index (χ3v) is 3.97. The van der Waals surface area contributed by atoms with Crippen LogP contribution in [-0.2, 0) is 20.7 Å². The van der Waals surface area contributed by atoms with E-state index >= 15 is 0 Å². The second-order valence-electron chi connectivity index (χ2n) is 5.63. The number of esters is 1. The van der Waals surface area contributed by atoms with Gasteiger partial charge in [-0.25, -0.2) is 4.79 Å². The zero-order valence-corrected chi connectivity index (χ0v) is 14.1. The van der Waals surface area contributed by atoms with E-state index in [9.17, 15) is 14.7 Å². The topological polar surface area (TPSA) is 91.3 Å². The van der Waals surface area contributed by atoms with E-state index in [0.717, 1.165) is 5.56 Å². The predicted octanol–water partition coefficient (Wildman–Crippen LogP) is 2.73. The first kappa shape index (κ1) is 17.6. The summed E-state index contributed by atoms with van der Waals surface area (Å²) in [4.78, 5) is 23.1. The van der Waals surface area contributed by atoms with Gasteiger partial charge in [0.25, 0.3) is 0 Å². The molecule has 0 amide bonds. The standard InChI is InChI=1S/C19H18O7/c1-23-17(20)9-7-12-4-2-3-5-14(12)26-18(19(21)22)13-6-8-15-16(10-13)25-11-24-15/h2-6,8,10,18H,7,9,11H2,1H3,(H,21,22). The number of fused-ring (bicyclic) bond motifs is 1. The predicted molar refractivity (Wildman–Crippen MR) is 90.3 cm³/mol. The fraction of sp³-hybridized carbons (Fsp3) is 0.263. The lowest BCUT2D eigenvalue weighted by atomic mass is 10.1. The lowest BCUT2D eigenvalue weighted by Gasteiger charge is -2.18. The van der Waals surface area contributed by atoms with E-state index in [0.29, 0.717) is 29.2 Å². The Morgan fingerprint density at radius 2 is 1.92 bits per heavy atom. The monoisotopic (exact) mass is 358 g/mol. The number of aliphatic carboxylic acids is 1. The molecule has 0 fully saturated rings. The first-order valence-corrected chi connectivity index (χ1v) is 8.02.